The monoisotopic (exact) mass is 254 g/mol. The Morgan fingerprint density at radius 2 is 1.74 bits per heavy atom. The summed E-state index contributed by atoms with van der Waals surface area (Å²) in [6.07, 6.45) is 2.52. The summed E-state index contributed by atoms with van der Waals surface area (Å²) in [7, 11) is 0. The third kappa shape index (κ3) is 2.80. The number of rotatable bonds is 3. The molecule has 2 nitrogen and oxygen atoms in total. The summed E-state index contributed by atoms with van der Waals surface area (Å²) in [6, 6.07) is 15.6. The zero-order valence-corrected chi connectivity index (χ0v) is 11.4. The average molecular weight is 254 g/mol. The van der Waals surface area contributed by atoms with Gasteiger partial charge >= 0.3 is 0 Å². The molecule has 0 amide bonds. The van der Waals surface area contributed by atoms with Crippen molar-refractivity contribution in [2.45, 2.75) is 18.8 Å². The number of nitrogens with two attached hydrogens (primary N) is 1. The van der Waals surface area contributed by atoms with E-state index in [1.807, 2.05) is 0 Å². The Hall–Kier alpha value is -1.38. The van der Waals surface area contributed by atoms with E-state index in [0.717, 1.165) is 19.0 Å². The van der Waals surface area contributed by atoms with E-state index in [9.17, 15) is 0 Å². The SMILES string of the molecule is NCCN1CCC(c2ccc3ccccc3c2)CC1. The highest BCUT2D eigenvalue weighted by atomic mass is 15.1. The van der Waals surface area contributed by atoms with Gasteiger partial charge in [0.1, 0.15) is 0 Å². The molecule has 1 fully saturated rings. The summed E-state index contributed by atoms with van der Waals surface area (Å²) >= 11 is 0. The number of likely N-dealkylation sites (tertiary alicyclic amines) is 1. The van der Waals surface area contributed by atoms with Crippen LogP contribution in [-0.4, -0.2) is 31.1 Å². The molecule has 0 spiro atoms. The predicted octanol–water partition coefficient (Wildman–Crippen LogP) is 2.98. The van der Waals surface area contributed by atoms with Crippen LogP contribution in [-0.2, 0) is 0 Å². The highest BCUT2D eigenvalue weighted by Crippen LogP contribution is 2.29. The van der Waals surface area contributed by atoms with Crippen LogP contribution in [0.2, 0.25) is 0 Å². The second kappa shape index (κ2) is 5.72. The summed E-state index contributed by atoms with van der Waals surface area (Å²) in [6.45, 7) is 4.20. The third-order valence-electron chi connectivity index (χ3n) is 4.28. The summed E-state index contributed by atoms with van der Waals surface area (Å²) in [5.41, 5.74) is 7.13. The van der Waals surface area contributed by atoms with Crippen molar-refractivity contribution in [1.29, 1.82) is 0 Å². The van der Waals surface area contributed by atoms with Crippen LogP contribution in [0.5, 0.6) is 0 Å². The van der Waals surface area contributed by atoms with Crippen molar-refractivity contribution in [3.63, 3.8) is 0 Å². The van der Waals surface area contributed by atoms with Gasteiger partial charge in [-0.2, -0.15) is 0 Å². The molecule has 0 atom stereocenters. The molecule has 0 bridgehead atoms. The molecule has 2 aromatic carbocycles. The van der Waals surface area contributed by atoms with Crippen molar-refractivity contribution >= 4 is 10.8 Å². The summed E-state index contributed by atoms with van der Waals surface area (Å²) in [4.78, 5) is 2.48. The van der Waals surface area contributed by atoms with Crippen LogP contribution in [0.25, 0.3) is 10.8 Å². The Labute approximate surface area is 115 Å². The molecule has 1 saturated heterocycles. The van der Waals surface area contributed by atoms with E-state index in [-0.39, 0.29) is 0 Å². The van der Waals surface area contributed by atoms with E-state index in [4.69, 9.17) is 5.73 Å². The molecule has 3 rings (SSSR count). The van der Waals surface area contributed by atoms with E-state index < -0.39 is 0 Å². The van der Waals surface area contributed by atoms with Gasteiger partial charge in [-0.3, -0.25) is 0 Å². The molecule has 1 aliphatic heterocycles. The summed E-state index contributed by atoms with van der Waals surface area (Å²) in [5, 5.41) is 2.70. The van der Waals surface area contributed by atoms with Crippen molar-refractivity contribution < 1.29 is 0 Å². The molecule has 1 heterocycles. The zero-order chi connectivity index (χ0) is 13.1. The second-order valence-electron chi connectivity index (χ2n) is 5.51. The first-order valence-corrected chi connectivity index (χ1v) is 7.28. The Morgan fingerprint density at radius 1 is 1.00 bits per heavy atom. The van der Waals surface area contributed by atoms with Crippen LogP contribution < -0.4 is 5.73 Å². The third-order valence-corrected chi connectivity index (χ3v) is 4.28. The fourth-order valence-electron chi connectivity index (χ4n) is 3.13. The fourth-order valence-corrected chi connectivity index (χ4v) is 3.13. The van der Waals surface area contributed by atoms with Crippen LogP contribution in [0.15, 0.2) is 42.5 Å². The van der Waals surface area contributed by atoms with Crippen molar-refractivity contribution in [1.82, 2.24) is 4.90 Å². The minimum atomic E-state index is 0.721. The Balaban J connectivity index is 1.74. The van der Waals surface area contributed by atoms with Gasteiger partial charge in [-0.1, -0.05) is 42.5 Å². The smallest absolute Gasteiger partial charge is 0.0105 e. The van der Waals surface area contributed by atoms with E-state index >= 15 is 0 Å². The van der Waals surface area contributed by atoms with Crippen LogP contribution in [0, 0.1) is 0 Å². The predicted molar refractivity (Wildman–Crippen MR) is 81.4 cm³/mol. The van der Waals surface area contributed by atoms with Crippen molar-refractivity contribution in [3.05, 3.63) is 48.0 Å². The Kier molecular flexibility index (Phi) is 3.81. The van der Waals surface area contributed by atoms with Crippen LogP contribution in [0.1, 0.15) is 24.3 Å². The number of nitrogens with zero attached hydrogens (tertiary/aromatic N) is 1. The van der Waals surface area contributed by atoms with Gasteiger partial charge in [-0.25, -0.2) is 0 Å². The number of piperidine rings is 1. The molecule has 2 N–H and O–H groups in total. The van der Waals surface area contributed by atoms with Gasteiger partial charge in [-0.15, -0.1) is 0 Å². The van der Waals surface area contributed by atoms with E-state index in [2.05, 4.69) is 47.4 Å². The minimum absolute atomic E-state index is 0.721. The van der Waals surface area contributed by atoms with Crippen molar-refractivity contribution in [3.8, 4) is 0 Å². The standard InChI is InChI=1S/C17H22N2/c18-9-12-19-10-7-15(8-11-19)17-6-5-14-3-1-2-4-16(14)13-17/h1-6,13,15H,7-12,18H2. The maximum absolute atomic E-state index is 5.63. The number of hydrogen-bond donors (Lipinski definition) is 1. The van der Waals surface area contributed by atoms with Gasteiger partial charge < -0.3 is 10.6 Å². The lowest BCUT2D eigenvalue weighted by molar-refractivity contribution is 0.218. The molecular formula is C17H22N2. The first-order valence-electron chi connectivity index (χ1n) is 7.28. The second-order valence-corrected chi connectivity index (χ2v) is 5.51. The Morgan fingerprint density at radius 3 is 2.47 bits per heavy atom. The zero-order valence-electron chi connectivity index (χ0n) is 11.4. The van der Waals surface area contributed by atoms with E-state index in [1.54, 1.807) is 0 Å². The molecule has 2 heteroatoms. The average Bonchev–Trinajstić information content (AvgIpc) is 2.48. The summed E-state index contributed by atoms with van der Waals surface area (Å²) < 4.78 is 0. The number of benzene rings is 2. The normalized spacial score (nSPS) is 17.9. The molecule has 2 aromatic rings. The topological polar surface area (TPSA) is 29.3 Å². The first-order chi connectivity index (χ1) is 9.36. The van der Waals surface area contributed by atoms with Crippen LogP contribution >= 0.6 is 0 Å². The molecule has 0 saturated carbocycles. The number of hydrogen-bond acceptors (Lipinski definition) is 2. The molecule has 100 valence electrons. The minimum Gasteiger partial charge on any atom is -0.329 e. The quantitative estimate of drug-likeness (QED) is 0.912. The highest BCUT2D eigenvalue weighted by Gasteiger charge is 2.19. The lowest BCUT2D eigenvalue weighted by Gasteiger charge is -2.31. The molecule has 0 aliphatic carbocycles. The molecule has 0 aromatic heterocycles. The fraction of sp³-hybridized carbons (Fsp3) is 0.412. The molecular weight excluding hydrogens is 232 g/mol. The molecule has 1 aliphatic rings. The van der Waals surface area contributed by atoms with Gasteiger partial charge in [0.25, 0.3) is 0 Å². The summed E-state index contributed by atoms with van der Waals surface area (Å²) in [5.74, 6) is 0.721. The highest BCUT2D eigenvalue weighted by molar-refractivity contribution is 5.83. The Bertz CT molecular complexity index is 542. The van der Waals surface area contributed by atoms with E-state index in [1.165, 1.54) is 42.3 Å². The first kappa shape index (κ1) is 12.6. The maximum atomic E-state index is 5.63. The van der Waals surface area contributed by atoms with Crippen LogP contribution in [0.4, 0.5) is 0 Å². The van der Waals surface area contributed by atoms with Gasteiger partial charge in [0.05, 0.1) is 0 Å². The lowest BCUT2D eigenvalue weighted by Crippen LogP contribution is -2.36. The van der Waals surface area contributed by atoms with Crippen molar-refractivity contribution in [2.75, 3.05) is 26.2 Å². The maximum Gasteiger partial charge on any atom is 0.0105 e. The largest absolute Gasteiger partial charge is 0.329 e. The van der Waals surface area contributed by atoms with Crippen LogP contribution in [0.3, 0.4) is 0 Å². The van der Waals surface area contributed by atoms with Gasteiger partial charge in [-0.05, 0) is 48.2 Å². The molecule has 0 unspecified atom stereocenters. The van der Waals surface area contributed by atoms with Gasteiger partial charge in [0.15, 0.2) is 0 Å². The van der Waals surface area contributed by atoms with Gasteiger partial charge in [0, 0.05) is 13.1 Å². The van der Waals surface area contributed by atoms with Crippen molar-refractivity contribution in [2.24, 2.45) is 5.73 Å². The number of fused-ring (bicyclic) bond motifs is 1. The van der Waals surface area contributed by atoms with Gasteiger partial charge in [0.2, 0.25) is 0 Å². The molecule has 0 radical (unpaired) electrons. The lowest BCUT2D eigenvalue weighted by atomic mass is 9.88. The van der Waals surface area contributed by atoms with E-state index in [0.29, 0.717) is 0 Å². The molecule has 19 heavy (non-hydrogen) atoms.